The second-order valence-electron chi connectivity index (χ2n) is 5.37. The summed E-state index contributed by atoms with van der Waals surface area (Å²) in [6, 6.07) is 12.3. The van der Waals surface area contributed by atoms with Crippen molar-refractivity contribution >= 4 is 39.7 Å². The zero-order valence-corrected chi connectivity index (χ0v) is 16.4. The third-order valence-electron chi connectivity index (χ3n) is 3.74. The van der Waals surface area contributed by atoms with Gasteiger partial charge in [0.05, 0.1) is 12.5 Å². The molecule has 0 radical (unpaired) electrons. The molecule has 1 heterocycles. The molecule has 2 aromatic rings. The van der Waals surface area contributed by atoms with Crippen LogP contribution in [0.3, 0.4) is 0 Å². The largest absolute Gasteiger partial charge is 0.351 e. The number of carbonyl (C=O) groups is 1. The fourth-order valence-corrected chi connectivity index (χ4v) is 4.29. The van der Waals surface area contributed by atoms with E-state index in [4.69, 9.17) is 5.73 Å². The number of nitrogens with one attached hydrogen (secondary N) is 2. The molecule has 0 aliphatic rings. The number of carbonyl (C=O) groups excluding carboxylic acids is 1. The highest BCUT2D eigenvalue weighted by molar-refractivity contribution is 7.91. The molecule has 9 heteroatoms. The van der Waals surface area contributed by atoms with E-state index in [2.05, 4.69) is 10.0 Å². The van der Waals surface area contributed by atoms with Gasteiger partial charge in [0.25, 0.3) is 0 Å². The quantitative estimate of drug-likeness (QED) is 0.658. The standard InChI is InChI=1S/C16H21N3O3S2.ClH/c1-11(15(17)12-6-4-3-5-7-12)16(20)19-10-13-8-9-14(23-13)24(21,22)18-2;/h3-9,11,15,18H,10,17H2,1-2H3,(H,19,20);1H. The molecule has 25 heavy (non-hydrogen) atoms. The molecule has 4 N–H and O–H groups in total. The predicted molar refractivity (Wildman–Crippen MR) is 102 cm³/mol. The summed E-state index contributed by atoms with van der Waals surface area (Å²) in [6.45, 7) is 2.05. The van der Waals surface area contributed by atoms with Gasteiger partial charge in [-0.2, -0.15) is 0 Å². The van der Waals surface area contributed by atoms with Crippen molar-refractivity contribution in [2.24, 2.45) is 11.7 Å². The number of sulfonamides is 1. The van der Waals surface area contributed by atoms with Crippen LogP contribution < -0.4 is 15.8 Å². The van der Waals surface area contributed by atoms with Crippen molar-refractivity contribution in [3.63, 3.8) is 0 Å². The van der Waals surface area contributed by atoms with Crippen LogP contribution in [0.1, 0.15) is 23.4 Å². The molecule has 1 aromatic heterocycles. The zero-order chi connectivity index (χ0) is 17.7. The molecule has 1 aromatic carbocycles. The maximum Gasteiger partial charge on any atom is 0.249 e. The van der Waals surface area contributed by atoms with Gasteiger partial charge < -0.3 is 11.1 Å². The topological polar surface area (TPSA) is 101 Å². The van der Waals surface area contributed by atoms with E-state index in [-0.39, 0.29) is 29.1 Å². The molecule has 0 bridgehead atoms. The summed E-state index contributed by atoms with van der Waals surface area (Å²) in [5.74, 6) is -0.564. The second-order valence-corrected chi connectivity index (χ2v) is 8.65. The van der Waals surface area contributed by atoms with E-state index in [1.54, 1.807) is 13.0 Å². The maximum atomic E-state index is 12.3. The first-order chi connectivity index (χ1) is 11.3. The summed E-state index contributed by atoms with van der Waals surface area (Å²) in [5.41, 5.74) is 7.04. The van der Waals surface area contributed by atoms with Gasteiger partial charge in [-0.05, 0) is 24.7 Å². The fraction of sp³-hybridized carbons (Fsp3) is 0.312. The fourth-order valence-electron chi connectivity index (χ4n) is 2.16. The minimum Gasteiger partial charge on any atom is -0.351 e. The van der Waals surface area contributed by atoms with Crippen molar-refractivity contribution in [3.8, 4) is 0 Å². The lowest BCUT2D eigenvalue weighted by Crippen LogP contribution is -2.35. The van der Waals surface area contributed by atoms with Crippen molar-refractivity contribution < 1.29 is 13.2 Å². The molecule has 0 saturated carbocycles. The normalized spacial score (nSPS) is 13.6. The Morgan fingerprint density at radius 1 is 1.20 bits per heavy atom. The van der Waals surface area contributed by atoms with Crippen LogP contribution in [-0.2, 0) is 21.4 Å². The highest BCUT2D eigenvalue weighted by Crippen LogP contribution is 2.22. The average Bonchev–Trinajstić information content (AvgIpc) is 3.09. The molecule has 0 aliphatic carbocycles. The monoisotopic (exact) mass is 403 g/mol. The number of hydrogen-bond acceptors (Lipinski definition) is 5. The van der Waals surface area contributed by atoms with Crippen LogP contribution in [0.5, 0.6) is 0 Å². The van der Waals surface area contributed by atoms with E-state index in [1.165, 1.54) is 13.1 Å². The average molecular weight is 404 g/mol. The Labute approximate surface area is 158 Å². The molecule has 1 amide bonds. The van der Waals surface area contributed by atoms with Gasteiger partial charge in [0.15, 0.2) is 0 Å². The first kappa shape index (κ1) is 21.6. The van der Waals surface area contributed by atoms with Gasteiger partial charge in [0, 0.05) is 10.9 Å². The van der Waals surface area contributed by atoms with Gasteiger partial charge in [0.2, 0.25) is 15.9 Å². The summed E-state index contributed by atoms with van der Waals surface area (Å²) in [7, 11) is -2.08. The number of halogens is 1. The Balaban J connectivity index is 0.00000312. The van der Waals surface area contributed by atoms with Crippen molar-refractivity contribution in [1.82, 2.24) is 10.0 Å². The van der Waals surface area contributed by atoms with Gasteiger partial charge in [-0.25, -0.2) is 13.1 Å². The van der Waals surface area contributed by atoms with Crippen molar-refractivity contribution in [2.45, 2.75) is 23.7 Å². The Morgan fingerprint density at radius 2 is 1.84 bits per heavy atom. The predicted octanol–water partition coefficient (Wildman–Crippen LogP) is 2.03. The summed E-state index contributed by atoms with van der Waals surface area (Å²) < 4.78 is 25.9. The van der Waals surface area contributed by atoms with Gasteiger partial charge in [-0.3, -0.25) is 4.79 Å². The molecule has 2 unspecified atom stereocenters. The summed E-state index contributed by atoms with van der Waals surface area (Å²) in [6.07, 6.45) is 0. The maximum absolute atomic E-state index is 12.3. The van der Waals surface area contributed by atoms with Crippen LogP contribution in [0.2, 0.25) is 0 Å². The molecule has 0 aliphatic heterocycles. The number of rotatable bonds is 7. The smallest absolute Gasteiger partial charge is 0.249 e. The molecule has 0 saturated heterocycles. The van der Waals surface area contributed by atoms with E-state index in [0.29, 0.717) is 0 Å². The SMILES string of the molecule is CNS(=O)(=O)c1ccc(CNC(=O)C(C)C(N)c2ccccc2)s1.Cl. The van der Waals surface area contributed by atoms with Crippen LogP contribution in [-0.4, -0.2) is 21.4 Å². The molecule has 0 fully saturated rings. The Morgan fingerprint density at radius 3 is 2.44 bits per heavy atom. The highest BCUT2D eigenvalue weighted by Gasteiger charge is 2.22. The highest BCUT2D eigenvalue weighted by atomic mass is 35.5. The zero-order valence-electron chi connectivity index (χ0n) is 13.9. The molecule has 2 rings (SSSR count). The lowest BCUT2D eigenvalue weighted by atomic mass is 9.95. The summed E-state index contributed by atoms with van der Waals surface area (Å²) in [5, 5.41) is 2.81. The number of thiophene rings is 1. The van der Waals surface area contributed by atoms with E-state index in [9.17, 15) is 13.2 Å². The molecular weight excluding hydrogens is 382 g/mol. The third-order valence-corrected chi connectivity index (χ3v) is 6.74. The molecule has 0 spiro atoms. The van der Waals surface area contributed by atoms with Gasteiger partial charge in [-0.15, -0.1) is 23.7 Å². The second kappa shape index (κ2) is 9.30. The van der Waals surface area contributed by atoms with Gasteiger partial charge in [-0.1, -0.05) is 37.3 Å². The molecule has 138 valence electrons. The number of amides is 1. The van der Waals surface area contributed by atoms with E-state index >= 15 is 0 Å². The first-order valence-electron chi connectivity index (χ1n) is 7.45. The van der Waals surface area contributed by atoms with Crippen molar-refractivity contribution in [2.75, 3.05) is 7.05 Å². The summed E-state index contributed by atoms with van der Waals surface area (Å²) >= 11 is 1.13. The van der Waals surface area contributed by atoms with Crippen molar-refractivity contribution in [1.29, 1.82) is 0 Å². The molecule has 2 atom stereocenters. The number of hydrogen-bond donors (Lipinski definition) is 3. The van der Waals surface area contributed by atoms with Crippen LogP contribution in [0.15, 0.2) is 46.7 Å². The number of benzene rings is 1. The summed E-state index contributed by atoms with van der Waals surface area (Å²) in [4.78, 5) is 13.0. The van der Waals surface area contributed by atoms with E-state index in [0.717, 1.165) is 21.8 Å². The lowest BCUT2D eigenvalue weighted by Gasteiger charge is -2.19. The van der Waals surface area contributed by atoms with Gasteiger partial charge >= 0.3 is 0 Å². The lowest BCUT2D eigenvalue weighted by molar-refractivity contribution is -0.125. The molecular formula is C16H22ClN3O3S2. The Kier molecular flexibility index (Phi) is 8.04. The molecule has 6 nitrogen and oxygen atoms in total. The van der Waals surface area contributed by atoms with Crippen LogP contribution in [0, 0.1) is 5.92 Å². The Hall–Kier alpha value is -1.45. The van der Waals surface area contributed by atoms with Crippen LogP contribution in [0.25, 0.3) is 0 Å². The van der Waals surface area contributed by atoms with Crippen LogP contribution in [0.4, 0.5) is 0 Å². The minimum absolute atomic E-state index is 0. The first-order valence-corrected chi connectivity index (χ1v) is 9.75. The third kappa shape index (κ3) is 5.52. The van der Waals surface area contributed by atoms with Gasteiger partial charge in [0.1, 0.15) is 4.21 Å². The van der Waals surface area contributed by atoms with Crippen molar-refractivity contribution in [3.05, 3.63) is 52.9 Å². The minimum atomic E-state index is -3.45. The number of nitrogens with two attached hydrogens (primary N) is 1. The van der Waals surface area contributed by atoms with E-state index in [1.807, 2.05) is 30.3 Å². The Bertz CT molecular complexity index is 794. The van der Waals surface area contributed by atoms with Crippen LogP contribution >= 0.6 is 23.7 Å². The van der Waals surface area contributed by atoms with E-state index < -0.39 is 22.0 Å².